The number of hydrogen-bond acceptors (Lipinski definition) is 3. The molecule has 4 nitrogen and oxygen atoms in total. The van der Waals surface area contributed by atoms with Crippen LogP contribution in [0.1, 0.15) is 5.56 Å². The number of nitrogens with one attached hydrogen (secondary N) is 1. The first-order chi connectivity index (χ1) is 8.98. The van der Waals surface area contributed by atoms with Gasteiger partial charge in [0.1, 0.15) is 0 Å². The lowest BCUT2D eigenvalue weighted by molar-refractivity contribution is 0.600. The molecule has 0 spiro atoms. The van der Waals surface area contributed by atoms with E-state index in [0.29, 0.717) is 16.9 Å². The van der Waals surface area contributed by atoms with Crippen molar-refractivity contribution < 1.29 is 8.42 Å². The lowest BCUT2D eigenvalue weighted by Gasteiger charge is -2.10. The molecule has 0 fully saturated rings. The van der Waals surface area contributed by atoms with Crippen LogP contribution in [0.2, 0.25) is 0 Å². The van der Waals surface area contributed by atoms with Gasteiger partial charge in [-0.15, -0.1) is 0 Å². The van der Waals surface area contributed by atoms with Gasteiger partial charge < -0.3 is 5.73 Å². The molecular weight excluding hydrogens is 375 g/mol. The Labute approximate surface area is 126 Å². The van der Waals surface area contributed by atoms with Crippen LogP contribution in [0.25, 0.3) is 0 Å². The Morgan fingerprint density at radius 1 is 1.05 bits per heavy atom. The van der Waals surface area contributed by atoms with Gasteiger partial charge in [0.2, 0.25) is 10.0 Å². The molecule has 0 amide bonds. The van der Waals surface area contributed by atoms with E-state index in [1.165, 1.54) is 0 Å². The largest absolute Gasteiger partial charge is 0.398 e. The second-order valence-electron chi connectivity index (χ2n) is 4.04. The van der Waals surface area contributed by atoms with Gasteiger partial charge in [-0.1, -0.05) is 30.3 Å². The van der Waals surface area contributed by atoms with Crippen molar-refractivity contribution >= 4 is 44.0 Å². The smallest absolute Gasteiger partial charge is 0.237 e. The highest BCUT2D eigenvalue weighted by Gasteiger charge is 2.14. The SMILES string of the molecule is Nc1ccccc1CS(=O)(=O)Nc1ccccc1I. The molecule has 3 N–H and O–H groups in total. The molecule has 100 valence electrons. The number of sulfonamides is 1. The molecule has 0 heterocycles. The Bertz CT molecular complexity index is 633. The summed E-state index contributed by atoms with van der Waals surface area (Å²) in [7, 11) is -3.47. The van der Waals surface area contributed by atoms with Crippen LogP contribution in [0.15, 0.2) is 48.5 Å². The van der Waals surface area contributed by atoms with Gasteiger partial charge in [0.25, 0.3) is 0 Å². The minimum Gasteiger partial charge on any atom is -0.398 e. The summed E-state index contributed by atoms with van der Waals surface area (Å²) in [6.07, 6.45) is 0. The quantitative estimate of drug-likeness (QED) is 0.625. The highest BCUT2D eigenvalue weighted by Crippen LogP contribution is 2.21. The van der Waals surface area contributed by atoms with Crippen molar-refractivity contribution in [2.24, 2.45) is 0 Å². The molecule has 2 rings (SSSR count). The van der Waals surface area contributed by atoms with E-state index < -0.39 is 10.0 Å². The summed E-state index contributed by atoms with van der Waals surface area (Å²) in [5, 5.41) is 0. The Balaban J connectivity index is 2.21. The third-order valence-electron chi connectivity index (χ3n) is 2.54. The minimum atomic E-state index is -3.47. The molecule has 0 saturated carbocycles. The molecule has 0 aromatic heterocycles. The summed E-state index contributed by atoms with van der Waals surface area (Å²) in [6, 6.07) is 14.2. The van der Waals surface area contributed by atoms with Gasteiger partial charge in [0, 0.05) is 9.26 Å². The van der Waals surface area contributed by atoms with Gasteiger partial charge in [-0.3, -0.25) is 4.72 Å². The molecule has 2 aromatic carbocycles. The third-order valence-corrected chi connectivity index (χ3v) is 4.70. The monoisotopic (exact) mass is 388 g/mol. The fourth-order valence-electron chi connectivity index (χ4n) is 1.62. The van der Waals surface area contributed by atoms with E-state index in [1.54, 1.807) is 36.4 Å². The van der Waals surface area contributed by atoms with Gasteiger partial charge in [0.15, 0.2) is 0 Å². The predicted molar refractivity (Wildman–Crippen MR) is 86.3 cm³/mol. The lowest BCUT2D eigenvalue weighted by Crippen LogP contribution is -2.16. The summed E-state index contributed by atoms with van der Waals surface area (Å²) in [5.74, 6) is -0.134. The molecule has 0 aliphatic heterocycles. The molecule has 0 unspecified atom stereocenters. The van der Waals surface area contributed by atoms with Crippen LogP contribution >= 0.6 is 22.6 Å². The maximum Gasteiger partial charge on any atom is 0.237 e. The van der Waals surface area contributed by atoms with Crippen LogP contribution in [0.4, 0.5) is 11.4 Å². The minimum absolute atomic E-state index is 0.134. The molecule has 0 saturated heterocycles. The highest BCUT2D eigenvalue weighted by molar-refractivity contribution is 14.1. The van der Waals surface area contributed by atoms with Crippen molar-refractivity contribution in [2.45, 2.75) is 5.75 Å². The van der Waals surface area contributed by atoms with E-state index in [4.69, 9.17) is 5.73 Å². The summed E-state index contributed by atoms with van der Waals surface area (Å²) in [6.45, 7) is 0. The molecule has 0 aliphatic rings. The average molecular weight is 388 g/mol. The number of rotatable bonds is 4. The standard InChI is InChI=1S/C13H13IN2O2S/c14-11-6-2-4-8-13(11)16-19(17,18)9-10-5-1-3-7-12(10)15/h1-8,16H,9,15H2. The van der Waals surface area contributed by atoms with Crippen LogP contribution in [0.5, 0.6) is 0 Å². The maximum atomic E-state index is 12.1. The van der Waals surface area contributed by atoms with Gasteiger partial charge >= 0.3 is 0 Å². The highest BCUT2D eigenvalue weighted by atomic mass is 127. The van der Waals surface area contributed by atoms with Crippen molar-refractivity contribution in [3.8, 4) is 0 Å². The van der Waals surface area contributed by atoms with Crippen LogP contribution in [-0.4, -0.2) is 8.42 Å². The summed E-state index contributed by atoms with van der Waals surface area (Å²) in [5.41, 5.74) is 7.42. The van der Waals surface area contributed by atoms with E-state index in [-0.39, 0.29) is 5.75 Å². The third kappa shape index (κ3) is 3.84. The lowest BCUT2D eigenvalue weighted by atomic mass is 10.2. The van der Waals surface area contributed by atoms with Gasteiger partial charge in [-0.2, -0.15) is 0 Å². The molecule has 0 bridgehead atoms. The second kappa shape index (κ2) is 5.79. The first kappa shape index (κ1) is 14.1. The van der Waals surface area contributed by atoms with E-state index >= 15 is 0 Å². The van der Waals surface area contributed by atoms with Crippen molar-refractivity contribution in [3.63, 3.8) is 0 Å². The second-order valence-corrected chi connectivity index (χ2v) is 6.92. The Kier molecular flexibility index (Phi) is 4.31. The molecule has 2 aromatic rings. The number of halogens is 1. The number of anilines is 2. The predicted octanol–water partition coefficient (Wildman–Crippen LogP) is 2.82. The van der Waals surface area contributed by atoms with Gasteiger partial charge in [-0.05, 0) is 46.4 Å². The average Bonchev–Trinajstić information content (AvgIpc) is 2.35. The number of nitrogens with two attached hydrogens (primary N) is 1. The zero-order valence-electron chi connectivity index (χ0n) is 10.0. The van der Waals surface area contributed by atoms with E-state index in [2.05, 4.69) is 27.3 Å². The van der Waals surface area contributed by atoms with Crippen molar-refractivity contribution in [1.82, 2.24) is 0 Å². The Hall–Kier alpha value is -1.28. The number of nitrogen functional groups attached to an aromatic ring is 1. The summed E-state index contributed by atoms with van der Waals surface area (Å²) >= 11 is 2.09. The van der Waals surface area contributed by atoms with Gasteiger partial charge in [-0.25, -0.2) is 8.42 Å². The zero-order chi connectivity index (χ0) is 13.9. The Morgan fingerprint density at radius 2 is 1.68 bits per heavy atom. The fourth-order valence-corrected chi connectivity index (χ4v) is 3.58. The first-order valence-electron chi connectivity index (χ1n) is 5.56. The molecule has 0 aliphatic carbocycles. The number of benzene rings is 2. The number of hydrogen-bond donors (Lipinski definition) is 2. The van der Waals surface area contributed by atoms with E-state index in [0.717, 1.165) is 3.57 Å². The van der Waals surface area contributed by atoms with Crippen molar-refractivity contribution in [1.29, 1.82) is 0 Å². The van der Waals surface area contributed by atoms with Crippen LogP contribution in [0, 0.1) is 3.57 Å². The molecule has 19 heavy (non-hydrogen) atoms. The Morgan fingerprint density at radius 3 is 2.37 bits per heavy atom. The molecule has 0 atom stereocenters. The summed E-state index contributed by atoms with van der Waals surface area (Å²) in [4.78, 5) is 0. The van der Waals surface area contributed by atoms with Crippen molar-refractivity contribution in [3.05, 3.63) is 57.7 Å². The normalized spacial score (nSPS) is 11.2. The van der Waals surface area contributed by atoms with Crippen LogP contribution in [0.3, 0.4) is 0 Å². The first-order valence-corrected chi connectivity index (χ1v) is 8.29. The van der Waals surface area contributed by atoms with Crippen molar-refractivity contribution in [2.75, 3.05) is 10.5 Å². The van der Waals surface area contributed by atoms with E-state index in [9.17, 15) is 8.42 Å². The van der Waals surface area contributed by atoms with Gasteiger partial charge in [0.05, 0.1) is 11.4 Å². The zero-order valence-corrected chi connectivity index (χ0v) is 13.0. The molecule has 6 heteroatoms. The molecule has 0 radical (unpaired) electrons. The molecular formula is C13H13IN2O2S. The van der Waals surface area contributed by atoms with E-state index in [1.807, 2.05) is 12.1 Å². The maximum absolute atomic E-state index is 12.1. The topological polar surface area (TPSA) is 72.2 Å². The summed E-state index contributed by atoms with van der Waals surface area (Å²) < 4.78 is 27.6. The fraction of sp³-hybridized carbons (Fsp3) is 0.0769. The number of para-hydroxylation sites is 2. The van der Waals surface area contributed by atoms with Crippen LogP contribution < -0.4 is 10.5 Å². The van der Waals surface area contributed by atoms with Crippen LogP contribution in [-0.2, 0) is 15.8 Å².